The lowest BCUT2D eigenvalue weighted by molar-refractivity contribution is 0.0807. The molecule has 39 heavy (non-hydrogen) atoms. The minimum atomic E-state index is -1.14. The van der Waals surface area contributed by atoms with Gasteiger partial charge in [-0.25, -0.2) is 4.39 Å². The summed E-state index contributed by atoms with van der Waals surface area (Å²) in [6.07, 6.45) is 3.16. The zero-order chi connectivity index (χ0) is 27.1. The first-order chi connectivity index (χ1) is 18.9. The normalized spacial score (nSPS) is 16.2. The molecule has 2 aliphatic rings. The third kappa shape index (κ3) is 4.95. The summed E-state index contributed by atoms with van der Waals surface area (Å²) in [5.74, 6) is 0.469. The van der Waals surface area contributed by atoms with Gasteiger partial charge in [-0.15, -0.1) is 5.16 Å². The molecule has 198 valence electrons. The van der Waals surface area contributed by atoms with Gasteiger partial charge in [-0.05, 0) is 73.7 Å². The van der Waals surface area contributed by atoms with E-state index in [0.717, 1.165) is 29.5 Å². The van der Waals surface area contributed by atoms with Crippen molar-refractivity contribution in [2.45, 2.75) is 38.6 Å². The van der Waals surface area contributed by atoms with E-state index in [4.69, 9.17) is 13.9 Å². The number of hydrogen-bond donors (Lipinski definition) is 2. The molecule has 0 unspecified atom stereocenters. The molecule has 0 bridgehead atoms. The van der Waals surface area contributed by atoms with Crippen molar-refractivity contribution in [3.8, 4) is 11.1 Å². The van der Waals surface area contributed by atoms with Crippen LogP contribution < -0.4 is 16.2 Å². The standard InChI is InChI=1S/C30H28BFN2O5/c1-17-11-23(30-25(12-17)28(35)15-29(38-30)19-7-9-37-10-8-19)18(2)34-27-6-4-22(32)14-24(27)20-3-5-26-21(13-20)16-33-39-31(26)36/h3-6,11-16,18-19,34,36H,7-10H2,1-2H3/t18-/m1/s1. The summed E-state index contributed by atoms with van der Waals surface area (Å²) in [5.41, 5.74) is 5.72. The van der Waals surface area contributed by atoms with Gasteiger partial charge in [-0.1, -0.05) is 18.2 Å². The SMILES string of the molecule is Cc1cc([C@@H](C)Nc2ccc(F)cc2-c2ccc3c(c2)C=NOB3O)c2oc(C3CCOCC3)cc(=O)c2c1. The quantitative estimate of drug-likeness (QED) is 0.355. The summed E-state index contributed by atoms with van der Waals surface area (Å²) in [6, 6.07) is 15.2. The summed E-state index contributed by atoms with van der Waals surface area (Å²) in [6.45, 7) is 5.26. The number of fused-ring (bicyclic) bond motifs is 2. The van der Waals surface area contributed by atoms with Gasteiger partial charge in [0.2, 0.25) is 0 Å². The molecule has 0 amide bonds. The topological polar surface area (TPSA) is 93.3 Å². The molecule has 2 N–H and O–H groups in total. The maximum absolute atomic E-state index is 14.4. The van der Waals surface area contributed by atoms with Crippen molar-refractivity contribution in [1.82, 2.24) is 0 Å². The van der Waals surface area contributed by atoms with E-state index in [1.165, 1.54) is 18.3 Å². The minimum Gasteiger partial charge on any atom is -0.460 e. The Bertz CT molecular complexity index is 1650. The van der Waals surface area contributed by atoms with Crippen molar-refractivity contribution in [3.63, 3.8) is 0 Å². The summed E-state index contributed by atoms with van der Waals surface area (Å²) >= 11 is 0. The highest BCUT2D eigenvalue weighted by atomic mass is 19.1. The molecular formula is C30H28BFN2O5. The second kappa shape index (κ2) is 10.3. The molecule has 0 radical (unpaired) electrons. The Morgan fingerprint density at radius 3 is 2.74 bits per heavy atom. The second-order valence-electron chi connectivity index (χ2n) is 10.2. The van der Waals surface area contributed by atoms with Crippen LogP contribution in [0.5, 0.6) is 0 Å². The first-order valence-corrected chi connectivity index (χ1v) is 13.1. The highest BCUT2D eigenvalue weighted by Crippen LogP contribution is 2.35. The Labute approximate surface area is 225 Å². The van der Waals surface area contributed by atoms with Gasteiger partial charge >= 0.3 is 7.12 Å². The van der Waals surface area contributed by atoms with Crippen LogP contribution in [-0.4, -0.2) is 31.6 Å². The van der Waals surface area contributed by atoms with E-state index >= 15 is 0 Å². The predicted molar refractivity (Wildman–Crippen MR) is 150 cm³/mol. The van der Waals surface area contributed by atoms with Crippen molar-refractivity contribution in [1.29, 1.82) is 0 Å². The van der Waals surface area contributed by atoms with Crippen molar-refractivity contribution in [2.75, 3.05) is 18.5 Å². The Hall–Kier alpha value is -3.95. The van der Waals surface area contributed by atoms with E-state index in [1.807, 2.05) is 38.1 Å². The van der Waals surface area contributed by atoms with Gasteiger partial charge in [0.05, 0.1) is 17.6 Å². The molecule has 0 saturated carbocycles. The van der Waals surface area contributed by atoms with Gasteiger partial charge in [0.1, 0.15) is 17.2 Å². The maximum atomic E-state index is 14.4. The smallest absolute Gasteiger partial charge is 0.460 e. The Morgan fingerprint density at radius 1 is 1.10 bits per heavy atom. The van der Waals surface area contributed by atoms with Crippen molar-refractivity contribution in [2.24, 2.45) is 5.16 Å². The van der Waals surface area contributed by atoms with Gasteiger partial charge in [0.25, 0.3) is 0 Å². The van der Waals surface area contributed by atoms with Crippen LogP contribution in [-0.2, 0) is 9.49 Å². The fourth-order valence-corrected chi connectivity index (χ4v) is 5.43. The molecule has 6 rings (SSSR count). The molecule has 1 aromatic heterocycles. The molecule has 4 aromatic rings. The number of benzene rings is 3. The molecule has 7 nitrogen and oxygen atoms in total. The van der Waals surface area contributed by atoms with Crippen LogP contribution >= 0.6 is 0 Å². The number of rotatable bonds is 5. The van der Waals surface area contributed by atoms with Crippen LogP contribution in [0.15, 0.2) is 69.0 Å². The molecule has 0 aliphatic carbocycles. The molecule has 3 aromatic carbocycles. The monoisotopic (exact) mass is 526 g/mol. The van der Waals surface area contributed by atoms with Crippen LogP contribution in [0.4, 0.5) is 10.1 Å². The van der Waals surface area contributed by atoms with Crippen LogP contribution in [0.25, 0.3) is 22.1 Å². The van der Waals surface area contributed by atoms with Gasteiger partial charge in [0, 0.05) is 47.5 Å². The first kappa shape index (κ1) is 25.3. The highest BCUT2D eigenvalue weighted by Gasteiger charge is 2.26. The first-order valence-electron chi connectivity index (χ1n) is 13.1. The fourth-order valence-electron chi connectivity index (χ4n) is 5.43. The van der Waals surface area contributed by atoms with Gasteiger partial charge < -0.3 is 24.2 Å². The van der Waals surface area contributed by atoms with E-state index in [-0.39, 0.29) is 23.2 Å². The molecular weight excluding hydrogens is 498 g/mol. The molecule has 1 atom stereocenters. The van der Waals surface area contributed by atoms with Crippen LogP contribution in [0.1, 0.15) is 54.2 Å². The average molecular weight is 526 g/mol. The average Bonchev–Trinajstić information content (AvgIpc) is 2.94. The van der Waals surface area contributed by atoms with Crippen LogP contribution in [0.2, 0.25) is 0 Å². The summed E-state index contributed by atoms with van der Waals surface area (Å²) < 4.78 is 31.3. The van der Waals surface area contributed by atoms with E-state index in [0.29, 0.717) is 52.2 Å². The molecule has 1 fully saturated rings. The number of nitrogens with zero attached hydrogens (tertiary/aromatic N) is 1. The van der Waals surface area contributed by atoms with Crippen molar-refractivity contribution >= 4 is 35.5 Å². The number of ether oxygens (including phenoxy) is 1. The Balaban J connectivity index is 1.40. The molecule has 0 spiro atoms. The summed E-state index contributed by atoms with van der Waals surface area (Å²) in [7, 11) is -1.14. The summed E-state index contributed by atoms with van der Waals surface area (Å²) in [4.78, 5) is 13.2. The predicted octanol–water partition coefficient (Wildman–Crippen LogP) is 5.03. The Morgan fingerprint density at radius 2 is 1.92 bits per heavy atom. The third-order valence-corrected chi connectivity index (χ3v) is 7.48. The van der Waals surface area contributed by atoms with Crippen molar-refractivity contribution in [3.05, 3.63) is 93.1 Å². The van der Waals surface area contributed by atoms with E-state index in [2.05, 4.69) is 10.5 Å². The van der Waals surface area contributed by atoms with E-state index in [9.17, 15) is 14.2 Å². The van der Waals surface area contributed by atoms with E-state index < -0.39 is 7.12 Å². The lowest BCUT2D eigenvalue weighted by Crippen LogP contribution is -2.37. The molecule has 1 saturated heterocycles. The van der Waals surface area contributed by atoms with Crippen molar-refractivity contribution < 1.29 is 23.3 Å². The van der Waals surface area contributed by atoms with E-state index in [1.54, 1.807) is 18.2 Å². The number of hydrogen-bond acceptors (Lipinski definition) is 7. The number of aryl methyl sites for hydroxylation is 1. The zero-order valence-corrected chi connectivity index (χ0v) is 21.7. The number of anilines is 1. The van der Waals surface area contributed by atoms with Gasteiger partial charge in [-0.2, -0.15) is 0 Å². The zero-order valence-electron chi connectivity index (χ0n) is 21.7. The highest BCUT2D eigenvalue weighted by molar-refractivity contribution is 6.62. The minimum absolute atomic E-state index is 0.0562. The number of nitrogens with one attached hydrogen (secondary N) is 1. The number of halogens is 1. The molecule has 3 heterocycles. The number of oxime groups is 1. The largest absolute Gasteiger partial charge is 0.583 e. The fraction of sp³-hybridized carbons (Fsp3) is 0.267. The maximum Gasteiger partial charge on any atom is 0.583 e. The van der Waals surface area contributed by atoms with Crippen LogP contribution in [0, 0.1) is 12.7 Å². The lowest BCUT2D eigenvalue weighted by atomic mass is 9.75. The lowest BCUT2D eigenvalue weighted by Gasteiger charge is -2.23. The second-order valence-corrected chi connectivity index (χ2v) is 10.2. The van der Waals surface area contributed by atoms with Gasteiger partial charge in [0.15, 0.2) is 5.43 Å². The third-order valence-electron chi connectivity index (χ3n) is 7.48. The molecule has 9 heteroatoms. The molecule has 2 aliphatic heterocycles. The Kier molecular flexibility index (Phi) is 6.70. The van der Waals surface area contributed by atoms with Crippen LogP contribution in [0.3, 0.4) is 0 Å². The van der Waals surface area contributed by atoms with Gasteiger partial charge in [-0.3, -0.25) is 4.79 Å². The summed E-state index contributed by atoms with van der Waals surface area (Å²) in [5, 5.41) is 17.9.